The summed E-state index contributed by atoms with van der Waals surface area (Å²) in [7, 11) is 0. The third-order valence-corrected chi connectivity index (χ3v) is 3.41. The van der Waals surface area contributed by atoms with E-state index in [1.807, 2.05) is 22.6 Å². The van der Waals surface area contributed by atoms with Crippen LogP contribution >= 0.6 is 22.6 Å². The second kappa shape index (κ2) is 6.51. The summed E-state index contributed by atoms with van der Waals surface area (Å²) >= 11 is 1.92. The van der Waals surface area contributed by atoms with Crippen molar-refractivity contribution in [3.05, 3.63) is 50.7 Å². The van der Waals surface area contributed by atoms with Gasteiger partial charge in [0.25, 0.3) is 5.56 Å². The highest BCUT2D eigenvalue weighted by Crippen LogP contribution is 2.16. The highest BCUT2D eigenvalue weighted by molar-refractivity contribution is 14.1. The second-order valence-corrected chi connectivity index (χ2v) is 5.29. The van der Waals surface area contributed by atoms with Gasteiger partial charge in [-0.1, -0.05) is 12.1 Å². The van der Waals surface area contributed by atoms with Gasteiger partial charge in [-0.3, -0.25) is 14.2 Å². The molecule has 0 saturated heterocycles. The minimum Gasteiger partial charge on any atom is -0.397 e. The predicted octanol–water partition coefficient (Wildman–Crippen LogP) is 1.46. The Balaban J connectivity index is 1.98. The van der Waals surface area contributed by atoms with Gasteiger partial charge in [-0.2, -0.15) is 0 Å². The first-order chi connectivity index (χ1) is 9.58. The Morgan fingerprint density at radius 2 is 2.15 bits per heavy atom. The summed E-state index contributed by atoms with van der Waals surface area (Å²) in [4.78, 5) is 27.5. The number of carbonyl (C=O) groups is 1. The molecule has 2 rings (SSSR count). The Labute approximate surface area is 129 Å². The monoisotopic (exact) mass is 384 g/mol. The Morgan fingerprint density at radius 3 is 2.90 bits per heavy atom. The number of nitrogen functional groups attached to an aromatic ring is 1. The predicted molar refractivity (Wildman–Crippen MR) is 85.3 cm³/mol. The van der Waals surface area contributed by atoms with Crippen LogP contribution in [-0.2, 0) is 11.3 Å². The molecule has 3 N–H and O–H groups in total. The van der Waals surface area contributed by atoms with E-state index in [2.05, 4.69) is 10.3 Å². The van der Waals surface area contributed by atoms with Crippen LogP contribution < -0.4 is 16.6 Å². The molecule has 2 aromatic rings. The van der Waals surface area contributed by atoms with Gasteiger partial charge in [-0.25, -0.2) is 4.98 Å². The summed E-state index contributed by atoms with van der Waals surface area (Å²) in [6.45, 7) is 0.279. The number of hydrogen-bond acceptors (Lipinski definition) is 4. The van der Waals surface area contributed by atoms with Crippen molar-refractivity contribution in [1.82, 2.24) is 9.55 Å². The van der Waals surface area contributed by atoms with Gasteiger partial charge in [-0.15, -0.1) is 0 Å². The van der Waals surface area contributed by atoms with E-state index in [1.54, 1.807) is 24.3 Å². The Hall–Kier alpha value is -1.90. The van der Waals surface area contributed by atoms with Crippen LogP contribution in [-0.4, -0.2) is 15.5 Å². The number of para-hydroxylation sites is 2. The van der Waals surface area contributed by atoms with Crippen molar-refractivity contribution < 1.29 is 4.79 Å². The Kier molecular flexibility index (Phi) is 4.72. The van der Waals surface area contributed by atoms with Gasteiger partial charge >= 0.3 is 0 Å². The van der Waals surface area contributed by atoms with Crippen molar-refractivity contribution in [2.45, 2.75) is 13.0 Å². The summed E-state index contributed by atoms with van der Waals surface area (Å²) < 4.78 is 1.94. The molecule has 0 aliphatic rings. The average molecular weight is 384 g/mol. The molecule has 1 aromatic heterocycles. The molecule has 6 nitrogen and oxygen atoms in total. The van der Waals surface area contributed by atoms with E-state index in [1.165, 1.54) is 17.1 Å². The second-order valence-electron chi connectivity index (χ2n) is 4.13. The number of nitrogens with two attached hydrogens (primary N) is 1. The van der Waals surface area contributed by atoms with Crippen molar-refractivity contribution in [3.8, 4) is 0 Å². The summed E-state index contributed by atoms with van der Waals surface area (Å²) in [6.07, 6.45) is 3.09. The SMILES string of the molecule is Nc1ccccc1NC(=O)CCn1cncc(I)c1=O. The van der Waals surface area contributed by atoms with Crippen LogP contribution in [0.5, 0.6) is 0 Å². The Bertz CT molecular complexity index is 684. The number of nitrogens with zero attached hydrogens (tertiary/aromatic N) is 2. The zero-order valence-electron chi connectivity index (χ0n) is 10.5. The molecule has 0 fully saturated rings. The van der Waals surface area contributed by atoms with Gasteiger partial charge in [-0.05, 0) is 34.7 Å². The van der Waals surface area contributed by atoms with Crippen LogP contribution in [0.3, 0.4) is 0 Å². The topological polar surface area (TPSA) is 90.0 Å². The van der Waals surface area contributed by atoms with Crippen LogP contribution in [0.2, 0.25) is 0 Å². The number of benzene rings is 1. The molecule has 0 aliphatic heterocycles. The van der Waals surface area contributed by atoms with E-state index in [0.29, 0.717) is 14.9 Å². The smallest absolute Gasteiger partial charge is 0.266 e. The third kappa shape index (κ3) is 3.56. The molecule has 0 aliphatic carbocycles. The first kappa shape index (κ1) is 14.5. The van der Waals surface area contributed by atoms with Crippen molar-refractivity contribution in [3.63, 3.8) is 0 Å². The van der Waals surface area contributed by atoms with E-state index >= 15 is 0 Å². The van der Waals surface area contributed by atoms with E-state index in [4.69, 9.17) is 5.73 Å². The molecule has 20 heavy (non-hydrogen) atoms. The van der Waals surface area contributed by atoms with Gasteiger partial charge in [0.1, 0.15) is 0 Å². The molecule has 0 bridgehead atoms. The average Bonchev–Trinajstić information content (AvgIpc) is 2.43. The fraction of sp³-hybridized carbons (Fsp3) is 0.154. The van der Waals surface area contributed by atoms with Crippen molar-refractivity contribution in [1.29, 1.82) is 0 Å². The first-order valence-electron chi connectivity index (χ1n) is 5.92. The molecule has 0 unspecified atom stereocenters. The number of aryl methyl sites for hydroxylation is 1. The molecular formula is C13H13IN4O2. The number of rotatable bonds is 4. The maximum absolute atomic E-state index is 11.8. The lowest BCUT2D eigenvalue weighted by Crippen LogP contribution is -2.25. The van der Waals surface area contributed by atoms with Gasteiger partial charge < -0.3 is 11.1 Å². The molecule has 0 saturated carbocycles. The molecule has 1 amide bonds. The maximum Gasteiger partial charge on any atom is 0.266 e. The first-order valence-corrected chi connectivity index (χ1v) is 7.00. The number of amides is 1. The quantitative estimate of drug-likeness (QED) is 0.617. The number of halogens is 1. The van der Waals surface area contributed by atoms with E-state index in [-0.39, 0.29) is 24.4 Å². The number of carbonyl (C=O) groups excluding carboxylic acids is 1. The van der Waals surface area contributed by atoms with Gasteiger partial charge in [0.05, 0.1) is 21.3 Å². The van der Waals surface area contributed by atoms with Crippen molar-refractivity contribution in [2.75, 3.05) is 11.1 Å². The molecule has 1 heterocycles. The van der Waals surface area contributed by atoms with Gasteiger partial charge in [0.15, 0.2) is 0 Å². The van der Waals surface area contributed by atoms with Crippen molar-refractivity contribution >= 4 is 39.9 Å². The normalized spacial score (nSPS) is 10.2. The fourth-order valence-electron chi connectivity index (χ4n) is 1.63. The minimum absolute atomic E-state index is 0.146. The van der Waals surface area contributed by atoms with E-state index in [9.17, 15) is 9.59 Å². The zero-order valence-corrected chi connectivity index (χ0v) is 12.7. The van der Waals surface area contributed by atoms with Crippen molar-refractivity contribution in [2.24, 2.45) is 0 Å². The van der Waals surface area contributed by atoms with Crippen LogP contribution in [0.1, 0.15) is 6.42 Å². The van der Waals surface area contributed by atoms with Crippen LogP contribution in [0.15, 0.2) is 41.6 Å². The lowest BCUT2D eigenvalue weighted by atomic mass is 10.2. The minimum atomic E-state index is -0.200. The summed E-state index contributed by atoms with van der Waals surface area (Å²) in [5.41, 5.74) is 6.68. The lowest BCUT2D eigenvalue weighted by Gasteiger charge is -2.08. The molecule has 0 spiro atoms. The summed E-state index contributed by atoms with van der Waals surface area (Å²) in [5.74, 6) is -0.200. The zero-order chi connectivity index (χ0) is 14.5. The molecule has 7 heteroatoms. The van der Waals surface area contributed by atoms with Crippen LogP contribution in [0.25, 0.3) is 0 Å². The largest absolute Gasteiger partial charge is 0.397 e. The van der Waals surface area contributed by atoms with Crippen LogP contribution in [0, 0.1) is 3.57 Å². The fourth-order valence-corrected chi connectivity index (χ4v) is 2.10. The molecule has 0 radical (unpaired) electrons. The molecule has 104 valence electrons. The molecule has 1 aromatic carbocycles. The highest BCUT2D eigenvalue weighted by atomic mass is 127. The number of nitrogens with one attached hydrogen (secondary N) is 1. The Morgan fingerprint density at radius 1 is 1.40 bits per heavy atom. The maximum atomic E-state index is 11.8. The van der Waals surface area contributed by atoms with Gasteiger partial charge in [0.2, 0.25) is 5.91 Å². The summed E-state index contributed by atoms with van der Waals surface area (Å²) in [6, 6.07) is 7.03. The van der Waals surface area contributed by atoms with Gasteiger partial charge in [0, 0.05) is 19.2 Å². The standard InChI is InChI=1S/C13H13IN4O2/c14-9-7-16-8-18(13(9)20)6-5-12(19)17-11-4-2-1-3-10(11)15/h1-4,7-8H,5-6,15H2,(H,17,19). The number of anilines is 2. The highest BCUT2D eigenvalue weighted by Gasteiger charge is 2.07. The van der Waals surface area contributed by atoms with Crippen LogP contribution in [0.4, 0.5) is 11.4 Å². The number of hydrogen-bond donors (Lipinski definition) is 2. The molecular weight excluding hydrogens is 371 g/mol. The molecule has 0 atom stereocenters. The number of aromatic nitrogens is 2. The summed E-state index contributed by atoms with van der Waals surface area (Å²) in [5, 5.41) is 2.71. The van der Waals surface area contributed by atoms with E-state index in [0.717, 1.165) is 0 Å². The third-order valence-electron chi connectivity index (χ3n) is 2.67. The lowest BCUT2D eigenvalue weighted by molar-refractivity contribution is -0.116. The van der Waals surface area contributed by atoms with E-state index < -0.39 is 0 Å².